The Balaban J connectivity index is 1.78. The monoisotopic (exact) mass is 1020 g/mol. The van der Waals surface area contributed by atoms with Crippen LogP contribution >= 0.6 is 81.4 Å². The average molecular weight is 1020 g/mol. The molecule has 3 heterocycles. The second kappa shape index (κ2) is 22.4. The van der Waals surface area contributed by atoms with Crippen LogP contribution in [0.1, 0.15) is 34.6 Å². The quantitative estimate of drug-likeness (QED) is 0.132. The summed E-state index contributed by atoms with van der Waals surface area (Å²) in [6, 6.07) is 6.37. The van der Waals surface area contributed by atoms with Crippen molar-refractivity contribution in [1.82, 2.24) is 10.6 Å². The molecule has 2 amide bonds. The van der Waals surface area contributed by atoms with Gasteiger partial charge < -0.3 is 67.5 Å². The van der Waals surface area contributed by atoms with Gasteiger partial charge in [0, 0.05) is 39.9 Å². The van der Waals surface area contributed by atoms with Crippen LogP contribution in [0.25, 0.3) is 0 Å². The number of carbonyl (C=O) groups excluding carboxylic acids is 5. The molecule has 4 rings (SSSR count). The van der Waals surface area contributed by atoms with E-state index < -0.39 is 136 Å². The summed E-state index contributed by atoms with van der Waals surface area (Å²) in [5, 5.41) is 5.22. The molecule has 26 heteroatoms. The Hall–Kier alpha value is -2.02. The first-order chi connectivity index (χ1) is 28.9. The first-order valence-electron chi connectivity index (χ1n) is 18.5. The molecule has 3 fully saturated rings. The van der Waals surface area contributed by atoms with Crippen molar-refractivity contribution < 1.29 is 80.8 Å². The summed E-state index contributed by atoms with van der Waals surface area (Å²) in [6.07, 6.45) is -11.7. The zero-order valence-corrected chi connectivity index (χ0v) is 39.5. The molecule has 0 aliphatic carbocycles. The average Bonchev–Trinajstić information content (AvgIpc) is 3.18. The lowest BCUT2D eigenvalue weighted by Gasteiger charge is -2.57. The van der Waals surface area contributed by atoms with Gasteiger partial charge in [-0.1, -0.05) is 99.6 Å². The van der Waals surface area contributed by atoms with Crippen LogP contribution in [0.5, 0.6) is 0 Å². The Kier molecular flexibility index (Phi) is 19.0. The number of halogens is 6. The number of rotatable bonds is 15. The van der Waals surface area contributed by atoms with Crippen molar-refractivity contribution in [2.24, 2.45) is 0 Å². The summed E-state index contributed by atoms with van der Waals surface area (Å²) in [5.74, 6) is -5.69. The number of fused-ring (bicyclic) bond motifs is 1. The lowest BCUT2D eigenvalue weighted by Crippen LogP contribution is -2.75. The third kappa shape index (κ3) is 14.7. The van der Waals surface area contributed by atoms with Crippen molar-refractivity contribution in [3.63, 3.8) is 0 Å². The van der Waals surface area contributed by atoms with Gasteiger partial charge in [0.2, 0.25) is 19.2 Å². The van der Waals surface area contributed by atoms with E-state index in [1.54, 1.807) is 38.1 Å². The molecule has 1 aromatic carbocycles. The Morgan fingerprint density at radius 3 is 1.69 bits per heavy atom. The molecule has 0 saturated carbocycles. The predicted molar refractivity (Wildman–Crippen MR) is 221 cm³/mol. The van der Waals surface area contributed by atoms with Gasteiger partial charge in [0.15, 0.2) is 18.5 Å². The highest BCUT2D eigenvalue weighted by Crippen LogP contribution is 2.46. The molecule has 350 valence electrons. The lowest BCUT2D eigenvalue weighted by molar-refractivity contribution is -0.465. The summed E-state index contributed by atoms with van der Waals surface area (Å²) in [5.41, 5.74) is -1.01. The van der Waals surface area contributed by atoms with E-state index in [9.17, 15) is 24.0 Å². The fraction of sp³-hybridized carbons (Fsp3) is 0.694. The molecule has 0 aromatic heterocycles. The van der Waals surface area contributed by atoms with Crippen molar-refractivity contribution in [3.8, 4) is 0 Å². The maximum absolute atomic E-state index is 13.3. The molecule has 3 aliphatic rings. The minimum absolute atomic E-state index is 0.471. The van der Waals surface area contributed by atoms with E-state index in [-0.39, 0.29) is 0 Å². The minimum atomic E-state index is -2.02. The van der Waals surface area contributed by atoms with E-state index in [4.69, 9.17) is 126 Å². The molecule has 3 aliphatic heterocycles. The maximum atomic E-state index is 13.3. The van der Waals surface area contributed by atoms with Crippen molar-refractivity contribution >= 4 is 111 Å². The number of ether oxygens (including phenoxy) is 12. The molecule has 0 radical (unpaired) electrons. The van der Waals surface area contributed by atoms with Crippen LogP contribution in [-0.4, -0.2) is 150 Å². The predicted octanol–water partition coefficient (Wildman–Crippen LogP) is 5.11. The van der Waals surface area contributed by atoms with Gasteiger partial charge in [-0.2, -0.15) is 0 Å². The number of thioether (sulfide) groups is 1. The SMILES string of the molecule is CO[C@@]1(C)O[C@@H]2[C@@H](NC(=O)OCC(Cl)(Cl)Cl)[C@H](Sc3ccccc3)O[C@H](CO[C@@H]3O[C@H](COC(C)=O)[C@@H](OC(C)=O)[C@H](OC(C)=O)[C@H]3NC(=O)OCC(Cl)(Cl)Cl)[C@H]2O[C@]1(C)OC. The summed E-state index contributed by atoms with van der Waals surface area (Å²) >= 11 is 36.1. The van der Waals surface area contributed by atoms with Crippen molar-refractivity contribution in [2.45, 2.75) is 119 Å². The number of hydrogen-bond donors (Lipinski definition) is 2. The van der Waals surface area contributed by atoms with Gasteiger partial charge in [0.25, 0.3) is 0 Å². The number of methoxy groups -OCH3 is 2. The molecule has 19 nitrogen and oxygen atoms in total. The van der Waals surface area contributed by atoms with E-state index in [0.29, 0.717) is 4.90 Å². The highest BCUT2D eigenvalue weighted by Gasteiger charge is 2.63. The van der Waals surface area contributed by atoms with Crippen LogP contribution in [0.4, 0.5) is 9.59 Å². The van der Waals surface area contributed by atoms with Crippen molar-refractivity contribution in [2.75, 3.05) is 40.6 Å². The number of hydrogen-bond acceptors (Lipinski definition) is 18. The number of nitrogens with one attached hydrogen (secondary N) is 2. The Morgan fingerprint density at radius 1 is 0.677 bits per heavy atom. The van der Waals surface area contributed by atoms with E-state index in [1.807, 2.05) is 6.07 Å². The smallest absolute Gasteiger partial charge is 0.407 e. The van der Waals surface area contributed by atoms with Crippen LogP contribution in [0, 0.1) is 0 Å². The Bertz CT molecular complexity index is 1720. The van der Waals surface area contributed by atoms with Crippen molar-refractivity contribution in [3.05, 3.63) is 30.3 Å². The van der Waals surface area contributed by atoms with Crippen LogP contribution in [0.3, 0.4) is 0 Å². The molecular weight excluding hydrogens is 977 g/mol. The van der Waals surface area contributed by atoms with Crippen LogP contribution in [0.2, 0.25) is 0 Å². The van der Waals surface area contributed by atoms with Gasteiger partial charge in [-0.15, -0.1) is 0 Å². The van der Waals surface area contributed by atoms with Gasteiger partial charge >= 0.3 is 30.1 Å². The molecule has 0 unspecified atom stereocenters. The van der Waals surface area contributed by atoms with E-state index in [0.717, 1.165) is 20.8 Å². The fourth-order valence-corrected chi connectivity index (χ4v) is 7.92. The molecule has 12 atom stereocenters. The summed E-state index contributed by atoms with van der Waals surface area (Å²) in [6.45, 7) is 4.07. The molecule has 3 saturated heterocycles. The fourth-order valence-electron chi connectivity index (χ4n) is 6.45. The molecule has 2 N–H and O–H groups in total. The molecule has 0 spiro atoms. The van der Waals surface area contributed by atoms with Gasteiger partial charge in [-0.05, 0) is 26.0 Å². The third-order valence-electron chi connectivity index (χ3n) is 9.40. The zero-order chi connectivity index (χ0) is 46.2. The standard InChI is InChI=1S/C36H46Cl6N2O17S/c1-17(45)52-13-21-25(56-18(2)46)27(57-19(3)47)23(43-31(48)54-15-35(37,38)39)29(58-21)53-14-22-26-28(61-34(5,51-7)33(4,50-6)60-26)24(44-32(49)55-16-36(40,41)42)30(59-22)62-20-11-9-8-10-12-20/h8-12,21-30H,13-16H2,1-7H3,(H,43,48)(H,44,49)/t21-,22-,23-,24-,25-,26-,27-,28-,29-,30+,33+,34+/m1/s1. The van der Waals surface area contributed by atoms with Crippen LogP contribution in [-0.2, 0) is 71.2 Å². The minimum Gasteiger partial charge on any atom is -0.463 e. The van der Waals surface area contributed by atoms with Crippen LogP contribution < -0.4 is 10.6 Å². The first-order valence-corrected chi connectivity index (χ1v) is 21.6. The number of carbonyl (C=O) groups is 5. The third-order valence-corrected chi connectivity index (χ3v) is 11.2. The van der Waals surface area contributed by atoms with Crippen LogP contribution in [0.15, 0.2) is 35.2 Å². The van der Waals surface area contributed by atoms with Gasteiger partial charge in [0.05, 0.1) is 12.6 Å². The summed E-state index contributed by atoms with van der Waals surface area (Å²) in [4.78, 5) is 64.1. The number of benzene rings is 1. The van der Waals surface area contributed by atoms with Crippen molar-refractivity contribution in [1.29, 1.82) is 0 Å². The number of amides is 2. The molecule has 62 heavy (non-hydrogen) atoms. The number of alkyl halides is 6. The largest absolute Gasteiger partial charge is 0.463 e. The molecular formula is C36H46Cl6N2O17S. The van der Waals surface area contributed by atoms with Gasteiger partial charge in [-0.25, -0.2) is 9.59 Å². The van der Waals surface area contributed by atoms with E-state index in [2.05, 4.69) is 10.6 Å². The summed E-state index contributed by atoms with van der Waals surface area (Å²) < 4.78 is 66.7. The lowest BCUT2D eigenvalue weighted by atomic mass is 9.93. The van der Waals surface area contributed by atoms with E-state index >= 15 is 0 Å². The normalized spacial score (nSPS) is 32.3. The zero-order valence-electron chi connectivity index (χ0n) is 34.1. The maximum Gasteiger partial charge on any atom is 0.407 e. The first kappa shape index (κ1) is 52.6. The second-order valence-electron chi connectivity index (χ2n) is 14.0. The highest BCUT2D eigenvalue weighted by atomic mass is 35.6. The van der Waals surface area contributed by atoms with Gasteiger partial charge in [0.1, 0.15) is 55.7 Å². The Morgan fingerprint density at radius 2 is 1.19 bits per heavy atom. The highest BCUT2D eigenvalue weighted by molar-refractivity contribution is 7.99. The van der Waals surface area contributed by atoms with Gasteiger partial charge in [-0.3, -0.25) is 14.4 Å². The molecule has 1 aromatic rings. The summed E-state index contributed by atoms with van der Waals surface area (Å²) in [7, 11) is 2.73. The second-order valence-corrected chi connectivity index (χ2v) is 20.2. The Labute approximate surface area is 391 Å². The molecule has 0 bridgehead atoms. The number of alkyl carbamates (subject to hydrolysis) is 2. The topological polar surface area (TPSA) is 220 Å². The van der Waals surface area contributed by atoms with E-state index in [1.165, 1.54) is 26.0 Å². The number of esters is 3.